The van der Waals surface area contributed by atoms with Gasteiger partial charge in [0.1, 0.15) is 0 Å². The SMILES string of the molecule is COC1CCN(c2ccc(NC(=O)CCc3c4ccccc4cc4ccccc34)cc2)C1. The van der Waals surface area contributed by atoms with E-state index in [1.54, 1.807) is 7.11 Å². The molecule has 32 heavy (non-hydrogen) atoms. The number of nitrogens with zero attached hydrogens (tertiary/aromatic N) is 1. The van der Waals surface area contributed by atoms with E-state index < -0.39 is 0 Å². The van der Waals surface area contributed by atoms with Gasteiger partial charge in [-0.05, 0) is 70.3 Å². The number of carbonyl (C=O) groups excluding carboxylic acids is 1. The van der Waals surface area contributed by atoms with Crippen LogP contribution in [0.15, 0.2) is 78.9 Å². The third-order valence-corrected chi connectivity index (χ3v) is 6.48. The average Bonchev–Trinajstić information content (AvgIpc) is 3.31. The quantitative estimate of drug-likeness (QED) is 0.398. The number of hydrogen-bond acceptors (Lipinski definition) is 3. The third-order valence-electron chi connectivity index (χ3n) is 6.48. The molecule has 4 nitrogen and oxygen atoms in total. The second-order valence-corrected chi connectivity index (χ2v) is 8.48. The van der Waals surface area contributed by atoms with Crippen LogP contribution >= 0.6 is 0 Å². The molecule has 0 saturated carbocycles. The number of benzene rings is 4. The number of carbonyl (C=O) groups is 1. The minimum atomic E-state index is 0.0374. The Hall–Kier alpha value is -3.37. The first kappa shape index (κ1) is 20.5. The van der Waals surface area contributed by atoms with Crippen molar-refractivity contribution in [3.8, 4) is 0 Å². The zero-order valence-corrected chi connectivity index (χ0v) is 18.4. The van der Waals surface area contributed by atoms with Crippen LogP contribution in [0.1, 0.15) is 18.4 Å². The highest BCUT2D eigenvalue weighted by atomic mass is 16.5. The maximum absolute atomic E-state index is 12.7. The van der Waals surface area contributed by atoms with Crippen LogP contribution in [-0.4, -0.2) is 32.2 Å². The van der Waals surface area contributed by atoms with Crippen molar-refractivity contribution in [1.29, 1.82) is 0 Å². The van der Waals surface area contributed by atoms with Gasteiger partial charge in [-0.3, -0.25) is 4.79 Å². The maximum atomic E-state index is 12.7. The van der Waals surface area contributed by atoms with Crippen LogP contribution in [0.3, 0.4) is 0 Å². The molecular weight excluding hydrogens is 396 g/mol. The highest BCUT2D eigenvalue weighted by Gasteiger charge is 2.22. The van der Waals surface area contributed by atoms with Crippen LogP contribution in [0.4, 0.5) is 11.4 Å². The number of hydrogen-bond donors (Lipinski definition) is 1. The summed E-state index contributed by atoms with van der Waals surface area (Å²) in [6.45, 7) is 1.92. The summed E-state index contributed by atoms with van der Waals surface area (Å²) < 4.78 is 5.46. The van der Waals surface area contributed by atoms with E-state index in [9.17, 15) is 4.79 Å². The highest BCUT2D eigenvalue weighted by molar-refractivity contribution is 6.02. The average molecular weight is 425 g/mol. The molecule has 1 saturated heterocycles. The molecule has 1 unspecified atom stereocenters. The fraction of sp³-hybridized carbons (Fsp3) is 0.250. The van der Waals surface area contributed by atoms with Crippen molar-refractivity contribution in [2.45, 2.75) is 25.4 Å². The second-order valence-electron chi connectivity index (χ2n) is 8.48. The standard InChI is InChI=1S/C28H28N2O2/c1-32-24-16-17-30(19-24)23-12-10-22(11-13-23)29-28(31)15-14-27-25-8-4-2-6-20(25)18-21-7-3-5-9-26(21)27/h2-13,18,24H,14-17,19H2,1H3,(H,29,31). The molecule has 162 valence electrons. The molecule has 0 bridgehead atoms. The van der Waals surface area contributed by atoms with Crippen LogP contribution in [0, 0.1) is 0 Å². The van der Waals surface area contributed by atoms with Gasteiger partial charge in [0, 0.05) is 38.0 Å². The van der Waals surface area contributed by atoms with Crippen LogP contribution < -0.4 is 10.2 Å². The summed E-state index contributed by atoms with van der Waals surface area (Å²) >= 11 is 0. The minimum Gasteiger partial charge on any atom is -0.380 e. The van der Waals surface area contributed by atoms with Crippen LogP contribution in [0.5, 0.6) is 0 Å². The number of methoxy groups -OCH3 is 1. The van der Waals surface area contributed by atoms with E-state index in [1.807, 2.05) is 12.1 Å². The molecule has 1 N–H and O–H groups in total. The van der Waals surface area contributed by atoms with Crippen molar-refractivity contribution in [3.05, 3.63) is 84.4 Å². The number of anilines is 2. The molecule has 4 heteroatoms. The highest BCUT2D eigenvalue weighted by Crippen LogP contribution is 2.29. The summed E-state index contributed by atoms with van der Waals surface area (Å²) in [5.74, 6) is 0.0374. The van der Waals surface area contributed by atoms with E-state index in [0.717, 1.165) is 25.2 Å². The number of amides is 1. The fourth-order valence-corrected chi connectivity index (χ4v) is 4.75. The van der Waals surface area contributed by atoms with Crippen molar-refractivity contribution in [1.82, 2.24) is 0 Å². The lowest BCUT2D eigenvalue weighted by Crippen LogP contribution is -2.22. The number of aryl methyl sites for hydroxylation is 1. The van der Waals surface area contributed by atoms with Gasteiger partial charge in [0.25, 0.3) is 0 Å². The molecule has 0 radical (unpaired) electrons. The number of rotatable bonds is 6. The monoisotopic (exact) mass is 424 g/mol. The van der Waals surface area contributed by atoms with Gasteiger partial charge in [-0.15, -0.1) is 0 Å². The lowest BCUT2D eigenvalue weighted by atomic mass is 9.94. The van der Waals surface area contributed by atoms with Gasteiger partial charge in [0.2, 0.25) is 5.91 Å². The van der Waals surface area contributed by atoms with E-state index in [0.29, 0.717) is 18.9 Å². The Labute approximate surface area is 188 Å². The Balaban J connectivity index is 1.28. The zero-order valence-electron chi connectivity index (χ0n) is 18.4. The molecule has 1 aliphatic heterocycles. The van der Waals surface area contributed by atoms with Gasteiger partial charge in [0.15, 0.2) is 0 Å². The lowest BCUT2D eigenvalue weighted by Gasteiger charge is -2.18. The van der Waals surface area contributed by atoms with E-state index in [2.05, 4.69) is 76.9 Å². The molecule has 0 aliphatic carbocycles. The predicted molar refractivity (Wildman–Crippen MR) is 132 cm³/mol. The first-order valence-corrected chi connectivity index (χ1v) is 11.3. The molecule has 1 heterocycles. The Kier molecular flexibility index (Phi) is 5.78. The topological polar surface area (TPSA) is 41.6 Å². The van der Waals surface area contributed by atoms with Crippen molar-refractivity contribution in [2.24, 2.45) is 0 Å². The zero-order chi connectivity index (χ0) is 21.9. The van der Waals surface area contributed by atoms with Gasteiger partial charge in [-0.1, -0.05) is 48.5 Å². The van der Waals surface area contributed by atoms with Crippen molar-refractivity contribution >= 4 is 38.8 Å². The minimum absolute atomic E-state index is 0.0374. The maximum Gasteiger partial charge on any atom is 0.224 e. The first-order chi connectivity index (χ1) is 15.7. The molecule has 4 aromatic carbocycles. The summed E-state index contributed by atoms with van der Waals surface area (Å²) in [6, 6.07) is 27.2. The van der Waals surface area contributed by atoms with Gasteiger partial charge >= 0.3 is 0 Å². The van der Waals surface area contributed by atoms with Crippen molar-refractivity contribution < 1.29 is 9.53 Å². The van der Waals surface area contributed by atoms with E-state index in [-0.39, 0.29) is 5.91 Å². The summed E-state index contributed by atoms with van der Waals surface area (Å²) in [4.78, 5) is 15.1. The Morgan fingerprint density at radius 2 is 1.62 bits per heavy atom. The molecule has 0 spiro atoms. The molecule has 4 aromatic rings. The van der Waals surface area contributed by atoms with Crippen LogP contribution in [0.2, 0.25) is 0 Å². The molecule has 1 amide bonds. The van der Waals surface area contributed by atoms with E-state index in [1.165, 1.54) is 32.8 Å². The smallest absolute Gasteiger partial charge is 0.224 e. The van der Waals surface area contributed by atoms with Crippen LogP contribution in [-0.2, 0) is 16.0 Å². The first-order valence-electron chi connectivity index (χ1n) is 11.3. The predicted octanol–water partition coefficient (Wildman–Crippen LogP) is 5.79. The summed E-state index contributed by atoms with van der Waals surface area (Å²) in [5, 5.41) is 7.95. The number of ether oxygens (including phenoxy) is 1. The van der Waals surface area contributed by atoms with E-state index >= 15 is 0 Å². The number of nitrogens with one attached hydrogen (secondary N) is 1. The lowest BCUT2D eigenvalue weighted by molar-refractivity contribution is -0.116. The Bertz CT molecular complexity index is 1200. The molecule has 0 aromatic heterocycles. The summed E-state index contributed by atoms with van der Waals surface area (Å²) in [5.41, 5.74) is 3.25. The van der Waals surface area contributed by atoms with Crippen molar-refractivity contribution in [2.75, 3.05) is 30.4 Å². The largest absolute Gasteiger partial charge is 0.380 e. The summed E-state index contributed by atoms with van der Waals surface area (Å²) in [7, 11) is 1.77. The van der Waals surface area contributed by atoms with E-state index in [4.69, 9.17) is 4.74 Å². The van der Waals surface area contributed by atoms with Gasteiger partial charge < -0.3 is 15.0 Å². The molecule has 1 aliphatic rings. The third kappa shape index (κ3) is 4.19. The Morgan fingerprint density at radius 3 is 2.25 bits per heavy atom. The van der Waals surface area contributed by atoms with Gasteiger partial charge in [0.05, 0.1) is 6.10 Å². The normalized spacial score (nSPS) is 16.0. The second kappa shape index (κ2) is 9.01. The van der Waals surface area contributed by atoms with Gasteiger partial charge in [-0.2, -0.15) is 0 Å². The molecule has 1 fully saturated rings. The summed E-state index contributed by atoms with van der Waals surface area (Å²) in [6.07, 6.45) is 2.51. The number of fused-ring (bicyclic) bond motifs is 2. The molecule has 5 rings (SSSR count). The molecular formula is C28H28N2O2. The van der Waals surface area contributed by atoms with Crippen LogP contribution in [0.25, 0.3) is 21.5 Å². The van der Waals surface area contributed by atoms with Gasteiger partial charge in [-0.25, -0.2) is 0 Å². The fourth-order valence-electron chi connectivity index (χ4n) is 4.75. The van der Waals surface area contributed by atoms with Crippen molar-refractivity contribution in [3.63, 3.8) is 0 Å². The molecule has 1 atom stereocenters. The Morgan fingerprint density at radius 1 is 0.969 bits per heavy atom.